The lowest BCUT2D eigenvalue weighted by molar-refractivity contribution is -0.115. The molecule has 17 heavy (non-hydrogen) atoms. The summed E-state index contributed by atoms with van der Waals surface area (Å²) in [5, 5.41) is 2.73. The summed E-state index contributed by atoms with van der Waals surface area (Å²) in [5.74, 6) is 0.759. The molecule has 0 bridgehead atoms. The Morgan fingerprint density at radius 3 is 3.06 bits per heavy atom. The van der Waals surface area contributed by atoms with Crippen LogP contribution in [-0.4, -0.2) is 17.1 Å². The molecular formula is C12H10N2O2S. The van der Waals surface area contributed by atoms with Crippen LogP contribution in [0.4, 0.5) is 5.69 Å². The van der Waals surface area contributed by atoms with E-state index in [-0.39, 0.29) is 11.2 Å². The van der Waals surface area contributed by atoms with Gasteiger partial charge >= 0.3 is 0 Å². The molecule has 1 N–H and O–H groups in total. The van der Waals surface area contributed by atoms with E-state index < -0.39 is 0 Å². The minimum atomic E-state index is -0.132. The predicted molar refractivity (Wildman–Crippen MR) is 66.8 cm³/mol. The van der Waals surface area contributed by atoms with Gasteiger partial charge in [-0.15, -0.1) is 11.8 Å². The van der Waals surface area contributed by atoms with Crippen molar-refractivity contribution in [2.45, 2.75) is 5.25 Å². The number of benzene rings is 1. The van der Waals surface area contributed by atoms with Crippen molar-refractivity contribution in [1.29, 1.82) is 0 Å². The lowest BCUT2D eigenvalue weighted by atomic mass is 10.1. The quantitative estimate of drug-likeness (QED) is 0.885. The molecule has 86 valence electrons. The first-order valence-corrected chi connectivity index (χ1v) is 6.45. The van der Waals surface area contributed by atoms with Gasteiger partial charge in [0.05, 0.1) is 6.20 Å². The zero-order valence-corrected chi connectivity index (χ0v) is 9.95. The van der Waals surface area contributed by atoms with Gasteiger partial charge in [0.2, 0.25) is 5.91 Å². The van der Waals surface area contributed by atoms with Crippen LogP contribution in [0.5, 0.6) is 0 Å². The average Bonchev–Trinajstić information content (AvgIpc) is 2.93. The van der Waals surface area contributed by atoms with E-state index in [1.54, 1.807) is 6.20 Å². The highest BCUT2D eigenvalue weighted by Gasteiger charge is 2.30. The molecule has 0 radical (unpaired) electrons. The standard InChI is InChI=1S/C12H10N2O2S/c1-17-11-8-4-7(10-5-13-6-16-10)2-3-9(8)14-12(11)15/h2-6,11H,1H3,(H,14,15). The molecule has 1 aliphatic rings. The average molecular weight is 246 g/mol. The van der Waals surface area contributed by atoms with Crippen molar-refractivity contribution in [3.8, 4) is 11.3 Å². The minimum absolute atomic E-state index is 0.0437. The summed E-state index contributed by atoms with van der Waals surface area (Å²) in [6.45, 7) is 0. The number of aromatic nitrogens is 1. The maximum absolute atomic E-state index is 11.7. The van der Waals surface area contributed by atoms with Crippen molar-refractivity contribution in [1.82, 2.24) is 4.98 Å². The summed E-state index contributed by atoms with van der Waals surface area (Å²) in [7, 11) is 0. The molecule has 0 spiro atoms. The second kappa shape index (κ2) is 3.92. The number of thioether (sulfide) groups is 1. The molecule has 5 heteroatoms. The van der Waals surface area contributed by atoms with Gasteiger partial charge in [0.15, 0.2) is 12.2 Å². The van der Waals surface area contributed by atoms with E-state index in [9.17, 15) is 4.79 Å². The van der Waals surface area contributed by atoms with Crippen molar-refractivity contribution in [3.05, 3.63) is 36.4 Å². The number of hydrogen-bond acceptors (Lipinski definition) is 4. The third-order valence-electron chi connectivity index (χ3n) is 2.78. The van der Waals surface area contributed by atoms with Crippen LogP contribution in [0.2, 0.25) is 0 Å². The molecule has 1 aromatic heterocycles. The van der Waals surface area contributed by atoms with E-state index >= 15 is 0 Å². The molecule has 0 fully saturated rings. The third-order valence-corrected chi connectivity index (χ3v) is 3.72. The van der Waals surface area contributed by atoms with Crippen LogP contribution in [0, 0.1) is 0 Å². The number of anilines is 1. The number of amides is 1. The van der Waals surface area contributed by atoms with Crippen LogP contribution in [0.25, 0.3) is 11.3 Å². The Bertz CT molecular complexity index is 566. The summed E-state index contributed by atoms with van der Waals surface area (Å²) in [4.78, 5) is 15.6. The fourth-order valence-corrected chi connectivity index (χ4v) is 2.70. The lowest BCUT2D eigenvalue weighted by Crippen LogP contribution is -2.08. The molecule has 0 saturated carbocycles. The zero-order valence-electron chi connectivity index (χ0n) is 9.14. The van der Waals surface area contributed by atoms with E-state index in [4.69, 9.17) is 4.42 Å². The van der Waals surface area contributed by atoms with Gasteiger partial charge in [0.1, 0.15) is 5.25 Å². The minimum Gasteiger partial charge on any atom is -0.444 e. The van der Waals surface area contributed by atoms with E-state index in [0.29, 0.717) is 5.76 Å². The van der Waals surface area contributed by atoms with Gasteiger partial charge < -0.3 is 9.73 Å². The number of rotatable bonds is 2. The van der Waals surface area contributed by atoms with Gasteiger partial charge in [-0.3, -0.25) is 4.79 Å². The Labute approximate surface area is 102 Å². The van der Waals surface area contributed by atoms with Crippen LogP contribution in [0.3, 0.4) is 0 Å². The number of nitrogens with one attached hydrogen (secondary N) is 1. The number of carbonyl (C=O) groups is 1. The first-order chi connectivity index (χ1) is 8.29. The first-order valence-electron chi connectivity index (χ1n) is 5.16. The Morgan fingerprint density at radius 2 is 2.35 bits per heavy atom. The van der Waals surface area contributed by atoms with E-state index in [1.165, 1.54) is 18.2 Å². The molecule has 4 nitrogen and oxygen atoms in total. The molecule has 3 rings (SSSR count). The van der Waals surface area contributed by atoms with E-state index in [2.05, 4.69) is 10.3 Å². The molecule has 1 atom stereocenters. The van der Waals surface area contributed by atoms with Crippen LogP contribution in [0.15, 0.2) is 35.2 Å². The molecular weight excluding hydrogens is 236 g/mol. The maximum atomic E-state index is 11.7. The van der Waals surface area contributed by atoms with Crippen molar-refractivity contribution >= 4 is 23.4 Å². The highest BCUT2D eigenvalue weighted by molar-refractivity contribution is 7.99. The number of oxazole rings is 1. The molecule has 2 aromatic rings. The second-order valence-corrected chi connectivity index (χ2v) is 4.72. The molecule has 1 amide bonds. The summed E-state index contributed by atoms with van der Waals surface area (Å²) < 4.78 is 5.25. The summed E-state index contributed by atoms with van der Waals surface area (Å²) >= 11 is 1.53. The Kier molecular flexibility index (Phi) is 2.40. The molecule has 1 unspecified atom stereocenters. The van der Waals surface area contributed by atoms with Crippen LogP contribution in [0.1, 0.15) is 10.8 Å². The smallest absolute Gasteiger partial charge is 0.242 e. The molecule has 0 saturated heterocycles. The number of carbonyl (C=O) groups excluding carboxylic acids is 1. The maximum Gasteiger partial charge on any atom is 0.242 e. The fraction of sp³-hybridized carbons (Fsp3) is 0.167. The third kappa shape index (κ3) is 1.63. The number of fused-ring (bicyclic) bond motifs is 1. The van der Waals surface area contributed by atoms with Crippen molar-refractivity contribution in [2.75, 3.05) is 11.6 Å². The summed E-state index contributed by atoms with van der Waals surface area (Å²) in [6.07, 6.45) is 5.00. The molecule has 1 aromatic carbocycles. The van der Waals surface area contributed by atoms with Crippen LogP contribution >= 0.6 is 11.8 Å². The van der Waals surface area contributed by atoms with E-state index in [0.717, 1.165) is 16.8 Å². The fourth-order valence-electron chi connectivity index (χ4n) is 1.98. The van der Waals surface area contributed by atoms with Crippen molar-refractivity contribution < 1.29 is 9.21 Å². The Balaban J connectivity index is 2.08. The van der Waals surface area contributed by atoms with Crippen molar-refractivity contribution in [2.24, 2.45) is 0 Å². The number of hydrogen-bond donors (Lipinski definition) is 1. The molecule has 1 aliphatic heterocycles. The molecule has 2 heterocycles. The Morgan fingerprint density at radius 1 is 1.47 bits per heavy atom. The van der Waals surface area contributed by atoms with Gasteiger partial charge in [0.25, 0.3) is 0 Å². The monoisotopic (exact) mass is 246 g/mol. The SMILES string of the molecule is CSC1C(=O)Nc2ccc(-c3cnco3)cc21. The predicted octanol–water partition coefficient (Wildman–Crippen LogP) is 2.70. The zero-order chi connectivity index (χ0) is 11.8. The van der Waals surface area contributed by atoms with Gasteiger partial charge in [-0.25, -0.2) is 4.98 Å². The normalized spacial score (nSPS) is 17.9. The first kappa shape index (κ1) is 10.4. The molecule has 0 aliphatic carbocycles. The topological polar surface area (TPSA) is 55.1 Å². The summed E-state index contributed by atoms with van der Waals surface area (Å²) in [6, 6.07) is 5.80. The summed E-state index contributed by atoms with van der Waals surface area (Å²) in [5.41, 5.74) is 2.84. The largest absolute Gasteiger partial charge is 0.444 e. The van der Waals surface area contributed by atoms with Gasteiger partial charge in [0, 0.05) is 11.3 Å². The second-order valence-electron chi connectivity index (χ2n) is 3.77. The van der Waals surface area contributed by atoms with Crippen LogP contribution in [-0.2, 0) is 4.79 Å². The van der Waals surface area contributed by atoms with Crippen molar-refractivity contribution in [3.63, 3.8) is 0 Å². The lowest BCUT2D eigenvalue weighted by Gasteiger charge is -2.05. The van der Waals surface area contributed by atoms with Crippen LogP contribution < -0.4 is 5.32 Å². The van der Waals surface area contributed by atoms with Gasteiger partial charge in [-0.2, -0.15) is 0 Å². The highest BCUT2D eigenvalue weighted by Crippen LogP contribution is 2.40. The highest BCUT2D eigenvalue weighted by atomic mass is 32.2. The van der Waals surface area contributed by atoms with E-state index in [1.807, 2.05) is 24.5 Å². The van der Waals surface area contributed by atoms with Gasteiger partial charge in [-0.05, 0) is 30.0 Å². The Hall–Kier alpha value is -1.75. The van der Waals surface area contributed by atoms with Gasteiger partial charge in [-0.1, -0.05) is 0 Å². The number of nitrogens with zero attached hydrogens (tertiary/aromatic N) is 1.